The summed E-state index contributed by atoms with van der Waals surface area (Å²) in [5, 5.41) is 0. The van der Waals surface area contributed by atoms with Crippen LogP contribution in [0.3, 0.4) is 0 Å². The zero-order valence-corrected chi connectivity index (χ0v) is 9.50. The standard InChI is InChI=1S/C10H21NS/c1-5-7-12-9(6-2)10(11)8(3)4/h8H,5-7,11H2,1-4H3/b10-9-. The quantitative estimate of drug-likeness (QED) is 0.714. The minimum absolute atomic E-state index is 0.490. The zero-order valence-electron chi connectivity index (χ0n) is 8.68. The summed E-state index contributed by atoms with van der Waals surface area (Å²) in [6.45, 7) is 8.67. The van der Waals surface area contributed by atoms with E-state index in [9.17, 15) is 0 Å². The predicted molar refractivity (Wildman–Crippen MR) is 59.1 cm³/mol. The molecular weight excluding hydrogens is 166 g/mol. The van der Waals surface area contributed by atoms with Crippen molar-refractivity contribution in [3.63, 3.8) is 0 Å². The van der Waals surface area contributed by atoms with Crippen LogP contribution in [0.1, 0.15) is 40.5 Å². The second-order valence-electron chi connectivity index (χ2n) is 3.24. The minimum Gasteiger partial charge on any atom is -0.401 e. The monoisotopic (exact) mass is 187 g/mol. The molecular formula is C10H21NS. The van der Waals surface area contributed by atoms with E-state index in [2.05, 4.69) is 27.7 Å². The molecule has 0 atom stereocenters. The van der Waals surface area contributed by atoms with E-state index < -0.39 is 0 Å². The maximum absolute atomic E-state index is 5.97. The zero-order chi connectivity index (χ0) is 9.56. The maximum Gasteiger partial charge on any atom is 0.0203 e. The molecule has 2 N–H and O–H groups in total. The molecule has 12 heavy (non-hydrogen) atoms. The Morgan fingerprint density at radius 2 is 1.92 bits per heavy atom. The molecule has 0 amide bonds. The summed E-state index contributed by atoms with van der Waals surface area (Å²) in [4.78, 5) is 1.38. The summed E-state index contributed by atoms with van der Waals surface area (Å²) in [6.07, 6.45) is 2.30. The first-order valence-corrected chi connectivity index (χ1v) is 5.73. The van der Waals surface area contributed by atoms with Crippen molar-refractivity contribution in [2.75, 3.05) is 5.75 Å². The van der Waals surface area contributed by atoms with Crippen LogP contribution in [0.15, 0.2) is 10.6 Å². The average molecular weight is 187 g/mol. The summed E-state index contributed by atoms with van der Waals surface area (Å²) in [5.41, 5.74) is 7.05. The summed E-state index contributed by atoms with van der Waals surface area (Å²) >= 11 is 1.91. The first-order chi connectivity index (χ1) is 5.63. The molecule has 0 aromatic rings. The fraction of sp³-hybridized carbons (Fsp3) is 0.800. The van der Waals surface area contributed by atoms with Crippen molar-refractivity contribution in [2.45, 2.75) is 40.5 Å². The van der Waals surface area contributed by atoms with Gasteiger partial charge in [0.15, 0.2) is 0 Å². The maximum atomic E-state index is 5.97. The van der Waals surface area contributed by atoms with E-state index in [4.69, 9.17) is 5.73 Å². The molecule has 0 aromatic heterocycles. The van der Waals surface area contributed by atoms with Crippen molar-refractivity contribution in [2.24, 2.45) is 11.7 Å². The van der Waals surface area contributed by atoms with E-state index in [0.29, 0.717) is 5.92 Å². The Labute approximate surface area is 80.8 Å². The van der Waals surface area contributed by atoms with Crippen molar-refractivity contribution in [1.29, 1.82) is 0 Å². The summed E-state index contributed by atoms with van der Waals surface area (Å²) in [6, 6.07) is 0. The Balaban J connectivity index is 4.18. The van der Waals surface area contributed by atoms with Crippen molar-refractivity contribution in [3.05, 3.63) is 10.6 Å². The van der Waals surface area contributed by atoms with Crippen molar-refractivity contribution in [1.82, 2.24) is 0 Å². The van der Waals surface area contributed by atoms with Gasteiger partial charge < -0.3 is 5.73 Å². The minimum atomic E-state index is 0.490. The Bertz CT molecular complexity index is 150. The van der Waals surface area contributed by atoms with E-state index in [0.717, 1.165) is 12.1 Å². The molecule has 0 saturated heterocycles. The van der Waals surface area contributed by atoms with E-state index in [1.54, 1.807) is 0 Å². The van der Waals surface area contributed by atoms with Gasteiger partial charge in [0.05, 0.1) is 0 Å². The highest BCUT2D eigenvalue weighted by Gasteiger charge is 2.05. The normalized spacial score (nSPS) is 13.4. The number of rotatable bonds is 5. The lowest BCUT2D eigenvalue weighted by molar-refractivity contribution is 0.747. The third kappa shape index (κ3) is 4.05. The van der Waals surface area contributed by atoms with Crippen molar-refractivity contribution < 1.29 is 0 Å². The number of allylic oxidation sites excluding steroid dienone is 2. The molecule has 0 radical (unpaired) electrons. The fourth-order valence-electron chi connectivity index (χ4n) is 0.937. The van der Waals surface area contributed by atoms with Crippen LogP contribution < -0.4 is 5.73 Å². The molecule has 0 aliphatic carbocycles. The Morgan fingerprint density at radius 3 is 2.25 bits per heavy atom. The first-order valence-electron chi connectivity index (χ1n) is 4.74. The predicted octanol–water partition coefficient (Wildman–Crippen LogP) is 3.37. The SMILES string of the molecule is CCCS/C(CC)=C(\N)C(C)C. The number of hydrogen-bond acceptors (Lipinski definition) is 2. The van der Waals surface area contributed by atoms with Gasteiger partial charge in [0.2, 0.25) is 0 Å². The number of hydrogen-bond donors (Lipinski definition) is 1. The topological polar surface area (TPSA) is 26.0 Å². The average Bonchev–Trinajstić information content (AvgIpc) is 2.05. The van der Waals surface area contributed by atoms with Crippen molar-refractivity contribution >= 4 is 11.8 Å². The molecule has 0 saturated carbocycles. The Kier molecular flexibility index (Phi) is 6.35. The number of thioether (sulfide) groups is 1. The lowest BCUT2D eigenvalue weighted by Gasteiger charge is -2.12. The van der Waals surface area contributed by atoms with Crippen LogP contribution >= 0.6 is 11.8 Å². The van der Waals surface area contributed by atoms with Gasteiger partial charge in [0, 0.05) is 10.6 Å². The Hall–Kier alpha value is -0.110. The molecule has 0 fully saturated rings. The smallest absolute Gasteiger partial charge is 0.0203 e. The fourth-order valence-corrected chi connectivity index (χ4v) is 1.99. The van der Waals surface area contributed by atoms with Crippen LogP contribution in [0.25, 0.3) is 0 Å². The molecule has 0 aliphatic rings. The van der Waals surface area contributed by atoms with Gasteiger partial charge in [-0.3, -0.25) is 0 Å². The molecule has 0 aliphatic heterocycles. The molecule has 1 nitrogen and oxygen atoms in total. The Morgan fingerprint density at radius 1 is 1.33 bits per heavy atom. The van der Waals surface area contributed by atoms with E-state index >= 15 is 0 Å². The lowest BCUT2D eigenvalue weighted by Crippen LogP contribution is -2.07. The summed E-state index contributed by atoms with van der Waals surface area (Å²) < 4.78 is 0. The molecule has 0 spiro atoms. The molecule has 2 heteroatoms. The summed E-state index contributed by atoms with van der Waals surface area (Å²) in [5.74, 6) is 1.68. The van der Waals surface area contributed by atoms with Crippen molar-refractivity contribution in [3.8, 4) is 0 Å². The molecule has 0 bridgehead atoms. The van der Waals surface area contributed by atoms with Gasteiger partial charge >= 0.3 is 0 Å². The van der Waals surface area contributed by atoms with Gasteiger partial charge in [-0.25, -0.2) is 0 Å². The third-order valence-corrected chi connectivity index (χ3v) is 3.23. The van der Waals surface area contributed by atoms with E-state index in [-0.39, 0.29) is 0 Å². The van der Waals surface area contributed by atoms with Crippen LogP contribution in [-0.2, 0) is 0 Å². The van der Waals surface area contributed by atoms with Gasteiger partial charge in [-0.1, -0.05) is 27.7 Å². The largest absolute Gasteiger partial charge is 0.401 e. The van der Waals surface area contributed by atoms with Crippen LogP contribution in [0, 0.1) is 5.92 Å². The third-order valence-electron chi connectivity index (χ3n) is 1.75. The second kappa shape index (κ2) is 6.41. The molecule has 0 unspecified atom stereocenters. The second-order valence-corrected chi connectivity index (χ2v) is 4.42. The van der Waals surface area contributed by atoms with Crippen LogP contribution in [0.2, 0.25) is 0 Å². The van der Waals surface area contributed by atoms with Crippen LogP contribution in [0.4, 0.5) is 0 Å². The first kappa shape index (κ1) is 11.9. The number of nitrogens with two attached hydrogens (primary N) is 1. The molecule has 0 rings (SSSR count). The lowest BCUT2D eigenvalue weighted by atomic mass is 10.1. The molecule has 0 heterocycles. The highest BCUT2D eigenvalue weighted by atomic mass is 32.2. The van der Waals surface area contributed by atoms with Gasteiger partial charge in [0.25, 0.3) is 0 Å². The van der Waals surface area contributed by atoms with Gasteiger partial charge in [-0.05, 0) is 24.5 Å². The van der Waals surface area contributed by atoms with Gasteiger partial charge in [-0.2, -0.15) is 0 Å². The highest BCUT2D eigenvalue weighted by Crippen LogP contribution is 2.24. The molecule has 0 aromatic carbocycles. The van der Waals surface area contributed by atoms with E-state index in [1.165, 1.54) is 17.1 Å². The van der Waals surface area contributed by atoms with Gasteiger partial charge in [-0.15, -0.1) is 11.8 Å². The highest BCUT2D eigenvalue weighted by molar-refractivity contribution is 8.03. The summed E-state index contributed by atoms with van der Waals surface area (Å²) in [7, 11) is 0. The van der Waals surface area contributed by atoms with Crippen LogP contribution in [0.5, 0.6) is 0 Å². The van der Waals surface area contributed by atoms with E-state index in [1.807, 2.05) is 11.8 Å². The van der Waals surface area contributed by atoms with Gasteiger partial charge in [0.1, 0.15) is 0 Å². The van der Waals surface area contributed by atoms with Crippen LogP contribution in [-0.4, -0.2) is 5.75 Å². The molecule has 72 valence electrons.